The van der Waals surface area contributed by atoms with Gasteiger partial charge < -0.3 is 9.47 Å². The van der Waals surface area contributed by atoms with E-state index in [2.05, 4.69) is 10.5 Å². The number of imidazole rings is 1. The van der Waals surface area contributed by atoms with Gasteiger partial charge in [-0.1, -0.05) is 18.1 Å². The molecule has 1 aromatic carbocycles. The number of hydrogen-bond acceptors (Lipinski definition) is 2. The fourth-order valence-electron chi connectivity index (χ4n) is 3.02. The van der Waals surface area contributed by atoms with Gasteiger partial charge in [-0.2, -0.15) is 0 Å². The quantitative estimate of drug-likeness (QED) is 0.783. The average Bonchev–Trinajstić information content (AvgIpc) is 3.04. The summed E-state index contributed by atoms with van der Waals surface area (Å²) in [7, 11) is 0. The van der Waals surface area contributed by atoms with Crippen LogP contribution in [0.25, 0.3) is 11.0 Å². The topological polar surface area (TPSA) is 38.1 Å². The molecule has 0 unspecified atom stereocenters. The molecule has 1 aliphatic heterocycles. The second-order valence-corrected chi connectivity index (χ2v) is 5.12. The van der Waals surface area contributed by atoms with Crippen molar-refractivity contribution in [1.82, 2.24) is 14.5 Å². The normalized spacial score (nSPS) is 18.4. The van der Waals surface area contributed by atoms with Crippen LogP contribution in [0, 0.1) is 12.3 Å². The number of likely N-dealkylation sites (tertiary alicyclic amines) is 1. The number of amides is 1. The Morgan fingerprint density at radius 3 is 3.05 bits per heavy atom. The third kappa shape index (κ3) is 1.96. The van der Waals surface area contributed by atoms with Gasteiger partial charge in [-0.25, -0.2) is 4.98 Å². The molecule has 4 nitrogen and oxygen atoms in total. The molecule has 20 heavy (non-hydrogen) atoms. The van der Waals surface area contributed by atoms with Crippen molar-refractivity contribution in [2.45, 2.75) is 32.4 Å². The first-order chi connectivity index (χ1) is 9.72. The van der Waals surface area contributed by atoms with Gasteiger partial charge in [-0.15, -0.1) is 6.42 Å². The standard InChI is InChI=1S/C16H17N3O/c1-3-10-19-14-8-5-4-7-13(14)17-16(19)15-9-6-11-18(15)12(2)20/h1,4-5,7-8,15H,6,9-11H2,2H3/t15-/m0/s1. The molecule has 1 aromatic heterocycles. The number of carbonyl (C=O) groups excluding carboxylic acids is 1. The van der Waals surface area contributed by atoms with Crippen molar-refractivity contribution in [3.05, 3.63) is 30.1 Å². The lowest BCUT2D eigenvalue weighted by atomic mass is 10.2. The molecular formula is C16H17N3O. The fraction of sp³-hybridized carbons (Fsp3) is 0.375. The molecule has 1 fully saturated rings. The number of fused-ring (bicyclic) bond motifs is 1. The lowest BCUT2D eigenvalue weighted by molar-refractivity contribution is -0.129. The molecule has 0 aliphatic carbocycles. The number of terminal acetylenes is 1. The molecule has 2 heterocycles. The summed E-state index contributed by atoms with van der Waals surface area (Å²) in [6, 6.07) is 8.01. The van der Waals surface area contributed by atoms with E-state index < -0.39 is 0 Å². The van der Waals surface area contributed by atoms with Crippen LogP contribution in [0.1, 0.15) is 31.6 Å². The zero-order valence-electron chi connectivity index (χ0n) is 11.5. The number of rotatable bonds is 2. The highest BCUT2D eigenvalue weighted by molar-refractivity contribution is 5.77. The van der Waals surface area contributed by atoms with Crippen molar-refractivity contribution < 1.29 is 4.79 Å². The van der Waals surface area contributed by atoms with Crippen LogP contribution in [-0.4, -0.2) is 26.9 Å². The van der Waals surface area contributed by atoms with Gasteiger partial charge in [0.1, 0.15) is 5.82 Å². The molecule has 1 amide bonds. The fourth-order valence-corrected chi connectivity index (χ4v) is 3.02. The van der Waals surface area contributed by atoms with Crippen molar-refractivity contribution in [1.29, 1.82) is 0 Å². The smallest absolute Gasteiger partial charge is 0.220 e. The van der Waals surface area contributed by atoms with E-state index in [9.17, 15) is 4.79 Å². The highest BCUT2D eigenvalue weighted by Gasteiger charge is 2.31. The number of carbonyl (C=O) groups is 1. The zero-order valence-corrected chi connectivity index (χ0v) is 11.5. The van der Waals surface area contributed by atoms with Gasteiger partial charge in [-0.05, 0) is 25.0 Å². The summed E-state index contributed by atoms with van der Waals surface area (Å²) in [5, 5.41) is 0. The minimum absolute atomic E-state index is 0.0493. The molecule has 0 bridgehead atoms. The molecule has 1 saturated heterocycles. The van der Waals surface area contributed by atoms with Gasteiger partial charge in [0.15, 0.2) is 0 Å². The Bertz CT molecular complexity index is 695. The van der Waals surface area contributed by atoms with Crippen molar-refractivity contribution in [3.8, 4) is 12.3 Å². The predicted octanol–water partition coefficient (Wildman–Crippen LogP) is 2.35. The van der Waals surface area contributed by atoms with E-state index >= 15 is 0 Å². The van der Waals surface area contributed by atoms with Crippen LogP contribution in [0.2, 0.25) is 0 Å². The number of benzene rings is 1. The molecule has 2 aromatic rings. The summed E-state index contributed by atoms with van der Waals surface area (Å²) < 4.78 is 2.06. The monoisotopic (exact) mass is 267 g/mol. The maximum atomic E-state index is 11.8. The van der Waals surface area contributed by atoms with Crippen LogP contribution in [0.15, 0.2) is 24.3 Å². The minimum Gasteiger partial charge on any atom is -0.333 e. The zero-order chi connectivity index (χ0) is 14.1. The Hall–Kier alpha value is -2.28. The number of nitrogens with zero attached hydrogens (tertiary/aromatic N) is 3. The summed E-state index contributed by atoms with van der Waals surface area (Å²) in [6.45, 7) is 2.91. The maximum Gasteiger partial charge on any atom is 0.220 e. The summed E-state index contributed by atoms with van der Waals surface area (Å²) >= 11 is 0. The first kappa shape index (κ1) is 12.7. The van der Waals surface area contributed by atoms with Crippen molar-refractivity contribution >= 4 is 16.9 Å². The van der Waals surface area contributed by atoms with Crippen LogP contribution < -0.4 is 0 Å². The minimum atomic E-state index is 0.0493. The average molecular weight is 267 g/mol. The van der Waals surface area contributed by atoms with Crippen LogP contribution in [0.4, 0.5) is 0 Å². The molecule has 1 atom stereocenters. The van der Waals surface area contributed by atoms with Gasteiger partial charge in [0.05, 0.1) is 23.6 Å². The van der Waals surface area contributed by atoms with Crippen LogP contribution >= 0.6 is 0 Å². The first-order valence-corrected chi connectivity index (χ1v) is 6.88. The molecule has 4 heteroatoms. The molecule has 0 N–H and O–H groups in total. The lowest BCUT2D eigenvalue weighted by Crippen LogP contribution is -2.29. The second kappa shape index (κ2) is 5.01. The number of hydrogen-bond donors (Lipinski definition) is 0. The Labute approximate surface area is 118 Å². The number of para-hydroxylation sites is 2. The lowest BCUT2D eigenvalue weighted by Gasteiger charge is -2.23. The summed E-state index contributed by atoms with van der Waals surface area (Å²) in [5.74, 6) is 3.71. The van der Waals surface area contributed by atoms with E-state index in [1.165, 1.54) is 0 Å². The van der Waals surface area contributed by atoms with E-state index in [0.717, 1.165) is 36.2 Å². The molecule has 1 aliphatic rings. The predicted molar refractivity (Wildman–Crippen MR) is 77.9 cm³/mol. The Morgan fingerprint density at radius 1 is 1.50 bits per heavy atom. The third-order valence-electron chi connectivity index (χ3n) is 3.89. The van der Waals surface area contributed by atoms with Crippen molar-refractivity contribution in [3.63, 3.8) is 0 Å². The van der Waals surface area contributed by atoms with E-state index in [1.807, 2.05) is 29.2 Å². The van der Waals surface area contributed by atoms with E-state index in [-0.39, 0.29) is 11.9 Å². The second-order valence-electron chi connectivity index (χ2n) is 5.12. The van der Waals surface area contributed by atoms with E-state index in [1.54, 1.807) is 6.92 Å². The summed E-state index contributed by atoms with van der Waals surface area (Å²) in [6.07, 6.45) is 7.46. The molecule has 102 valence electrons. The van der Waals surface area contributed by atoms with Crippen molar-refractivity contribution in [2.24, 2.45) is 0 Å². The summed E-state index contributed by atoms with van der Waals surface area (Å²) in [4.78, 5) is 18.4. The molecular weight excluding hydrogens is 250 g/mol. The SMILES string of the molecule is C#CCn1c([C@@H]2CCCN2C(C)=O)nc2ccccc21. The highest BCUT2D eigenvalue weighted by Crippen LogP contribution is 2.33. The largest absolute Gasteiger partial charge is 0.333 e. The molecule has 0 spiro atoms. The third-order valence-corrected chi connectivity index (χ3v) is 3.89. The van der Waals surface area contributed by atoms with E-state index in [0.29, 0.717) is 6.54 Å². The van der Waals surface area contributed by atoms with Gasteiger partial charge in [-0.3, -0.25) is 4.79 Å². The summed E-state index contributed by atoms with van der Waals surface area (Å²) in [5.41, 5.74) is 1.98. The van der Waals surface area contributed by atoms with Crippen LogP contribution in [-0.2, 0) is 11.3 Å². The van der Waals surface area contributed by atoms with Gasteiger partial charge in [0, 0.05) is 13.5 Å². The molecule has 3 rings (SSSR count). The maximum absolute atomic E-state index is 11.8. The van der Waals surface area contributed by atoms with Crippen LogP contribution in [0.3, 0.4) is 0 Å². The Kier molecular flexibility index (Phi) is 3.19. The highest BCUT2D eigenvalue weighted by atomic mass is 16.2. The molecule has 0 saturated carbocycles. The van der Waals surface area contributed by atoms with E-state index in [4.69, 9.17) is 11.4 Å². The molecule has 0 radical (unpaired) electrons. The Morgan fingerprint density at radius 2 is 2.30 bits per heavy atom. The van der Waals surface area contributed by atoms with Gasteiger partial charge in [0.2, 0.25) is 5.91 Å². The van der Waals surface area contributed by atoms with Gasteiger partial charge >= 0.3 is 0 Å². The van der Waals surface area contributed by atoms with Gasteiger partial charge in [0.25, 0.3) is 0 Å². The Balaban J connectivity index is 2.13. The van der Waals surface area contributed by atoms with Crippen LogP contribution in [0.5, 0.6) is 0 Å². The first-order valence-electron chi connectivity index (χ1n) is 6.88. The number of aromatic nitrogens is 2. The van der Waals surface area contributed by atoms with Crippen molar-refractivity contribution in [2.75, 3.05) is 6.54 Å².